The molecule has 1 atom stereocenters. The number of nitrogens with zero attached hydrogens (tertiary/aromatic N) is 4. The molecule has 4 rings (SSSR count). The molecule has 2 aliphatic heterocycles. The molecule has 3 heterocycles. The largest absolute Gasteiger partial charge is 0.312 e. The summed E-state index contributed by atoms with van der Waals surface area (Å²) in [5.41, 5.74) is 2.16. The van der Waals surface area contributed by atoms with E-state index in [4.69, 9.17) is 0 Å². The predicted octanol–water partition coefficient (Wildman–Crippen LogP) is 3.16. The van der Waals surface area contributed by atoms with E-state index in [-0.39, 0.29) is 16.8 Å². The SMILES string of the molecule is Cc1ccc(N2CCCC2=O)cc1S(=O)(=O)N1CCCCCC1c1ccn(C)n1. The average molecular weight is 417 g/mol. The van der Waals surface area contributed by atoms with Gasteiger partial charge in [0.15, 0.2) is 0 Å². The normalized spacial score (nSPS) is 21.5. The van der Waals surface area contributed by atoms with E-state index in [0.717, 1.165) is 37.8 Å². The van der Waals surface area contributed by atoms with Crippen LogP contribution in [-0.2, 0) is 21.9 Å². The molecule has 8 heteroatoms. The molecule has 2 saturated heterocycles. The van der Waals surface area contributed by atoms with E-state index < -0.39 is 10.0 Å². The number of amides is 1. The van der Waals surface area contributed by atoms with Crippen LogP contribution in [0.2, 0.25) is 0 Å². The molecule has 29 heavy (non-hydrogen) atoms. The molecular weight excluding hydrogens is 388 g/mol. The number of rotatable bonds is 4. The number of hydrogen-bond donors (Lipinski definition) is 0. The van der Waals surface area contributed by atoms with Crippen molar-refractivity contribution in [2.45, 2.75) is 56.4 Å². The summed E-state index contributed by atoms with van der Waals surface area (Å²) in [7, 11) is -1.88. The number of aromatic nitrogens is 2. The number of benzene rings is 1. The summed E-state index contributed by atoms with van der Waals surface area (Å²) in [5.74, 6) is 0.0540. The van der Waals surface area contributed by atoms with Gasteiger partial charge in [0.05, 0.1) is 16.6 Å². The van der Waals surface area contributed by atoms with E-state index in [1.165, 1.54) is 0 Å². The lowest BCUT2D eigenvalue weighted by molar-refractivity contribution is -0.117. The van der Waals surface area contributed by atoms with Gasteiger partial charge in [-0.15, -0.1) is 0 Å². The molecule has 1 aromatic carbocycles. The first-order chi connectivity index (χ1) is 13.9. The molecule has 7 nitrogen and oxygen atoms in total. The Bertz CT molecular complexity index is 1010. The standard InChI is InChI=1S/C21H28N4O3S/c1-16-9-10-17(24-12-6-8-21(24)26)15-20(16)29(27,28)25-13-5-3-4-7-19(25)18-11-14-23(2)22-18/h9-11,14-15,19H,3-8,12-13H2,1-2H3. The van der Waals surface area contributed by atoms with E-state index in [0.29, 0.717) is 30.8 Å². The lowest BCUT2D eigenvalue weighted by Crippen LogP contribution is -2.35. The summed E-state index contributed by atoms with van der Waals surface area (Å²) < 4.78 is 30.9. The van der Waals surface area contributed by atoms with Crippen molar-refractivity contribution >= 4 is 21.6 Å². The van der Waals surface area contributed by atoms with Gasteiger partial charge in [0.2, 0.25) is 15.9 Å². The zero-order valence-corrected chi connectivity index (χ0v) is 17.9. The molecule has 0 bridgehead atoms. The Balaban J connectivity index is 1.75. The van der Waals surface area contributed by atoms with Gasteiger partial charge in [-0.3, -0.25) is 9.48 Å². The van der Waals surface area contributed by atoms with Gasteiger partial charge in [-0.05, 0) is 49.9 Å². The third-order valence-electron chi connectivity index (χ3n) is 5.92. The lowest BCUT2D eigenvalue weighted by atomic mass is 10.1. The number of hydrogen-bond acceptors (Lipinski definition) is 4. The Hall–Kier alpha value is -2.19. The number of carbonyl (C=O) groups excluding carboxylic acids is 1. The fourth-order valence-electron chi connectivity index (χ4n) is 4.36. The van der Waals surface area contributed by atoms with E-state index in [9.17, 15) is 13.2 Å². The monoisotopic (exact) mass is 416 g/mol. The van der Waals surface area contributed by atoms with E-state index in [2.05, 4.69) is 5.10 Å². The molecule has 2 aliphatic rings. The van der Waals surface area contributed by atoms with Crippen molar-refractivity contribution in [3.8, 4) is 0 Å². The molecular formula is C21H28N4O3S. The highest BCUT2D eigenvalue weighted by Gasteiger charge is 2.36. The first-order valence-electron chi connectivity index (χ1n) is 10.3. The van der Waals surface area contributed by atoms with E-state index in [1.54, 1.807) is 26.0 Å². The van der Waals surface area contributed by atoms with Gasteiger partial charge in [-0.25, -0.2) is 8.42 Å². The fraction of sp³-hybridized carbons (Fsp3) is 0.524. The summed E-state index contributed by atoms with van der Waals surface area (Å²) in [6.45, 7) is 2.94. The minimum absolute atomic E-state index is 0.0540. The predicted molar refractivity (Wildman–Crippen MR) is 111 cm³/mol. The fourth-order valence-corrected chi connectivity index (χ4v) is 6.27. The molecule has 0 N–H and O–H groups in total. The summed E-state index contributed by atoms with van der Waals surface area (Å²) in [6, 6.07) is 6.97. The molecule has 0 spiro atoms. The van der Waals surface area contributed by atoms with Crippen LogP contribution in [0.4, 0.5) is 5.69 Å². The number of anilines is 1. The second kappa shape index (κ2) is 7.91. The highest BCUT2D eigenvalue weighted by molar-refractivity contribution is 7.89. The average Bonchev–Trinajstić information content (AvgIpc) is 3.22. The Morgan fingerprint density at radius 2 is 1.90 bits per heavy atom. The van der Waals surface area contributed by atoms with E-state index in [1.807, 2.05) is 32.3 Å². The first kappa shape index (κ1) is 20.1. The highest BCUT2D eigenvalue weighted by atomic mass is 32.2. The maximum Gasteiger partial charge on any atom is 0.244 e. The lowest BCUT2D eigenvalue weighted by Gasteiger charge is -2.29. The van der Waals surface area contributed by atoms with Crippen LogP contribution in [0, 0.1) is 6.92 Å². The van der Waals surface area contributed by atoms with Crippen LogP contribution in [0.1, 0.15) is 55.8 Å². The van der Waals surface area contributed by atoms with Crippen LogP contribution in [-0.4, -0.2) is 41.5 Å². The molecule has 1 unspecified atom stereocenters. The summed E-state index contributed by atoms with van der Waals surface area (Å²) in [5, 5.41) is 4.50. The van der Waals surface area contributed by atoms with Gasteiger partial charge in [-0.1, -0.05) is 18.9 Å². The van der Waals surface area contributed by atoms with Crippen molar-refractivity contribution in [1.29, 1.82) is 0 Å². The van der Waals surface area contributed by atoms with Gasteiger partial charge in [0, 0.05) is 38.4 Å². The Morgan fingerprint density at radius 1 is 1.07 bits per heavy atom. The third kappa shape index (κ3) is 3.83. The summed E-state index contributed by atoms with van der Waals surface area (Å²) >= 11 is 0. The maximum absolute atomic E-state index is 13.8. The van der Waals surface area contributed by atoms with Crippen molar-refractivity contribution in [2.75, 3.05) is 18.0 Å². The van der Waals surface area contributed by atoms with Crippen molar-refractivity contribution in [1.82, 2.24) is 14.1 Å². The zero-order chi connectivity index (χ0) is 20.6. The maximum atomic E-state index is 13.8. The van der Waals surface area contributed by atoms with Crippen LogP contribution in [0.5, 0.6) is 0 Å². The van der Waals surface area contributed by atoms with E-state index >= 15 is 0 Å². The molecule has 1 amide bonds. The Morgan fingerprint density at radius 3 is 2.59 bits per heavy atom. The quantitative estimate of drug-likeness (QED) is 0.767. The smallest absolute Gasteiger partial charge is 0.244 e. The van der Waals surface area contributed by atoms with Crippen LogP contribution in [0.25, 0.3) is 0 Å². The molecule has 0 radical (unpaired) electrons. The van der Waals surface area contributed by atoms with Crippen molar-refractivity contribution in [2.24, 2.45) is 7.05 Å². The topological polar surface area (TPSA) is 75.5 Å². The number of carbonyl (C=O) groups is 1. The van der Waals surface area contributed by atoms with Crippen LogP contribution in [0.3, 0.4) is 0 Å². The molecule has 2 aromatic rings. The molecule has 156 valence electrons. The second-order valence-corrected chi connectivity index (χ2v) is 9.85. The summed E-state index contributed by atoms with van der Waals surface area (Å²) in [4.78, 5) is 14.1. The Labute approximate surface area is 172 Å². The van der Waals surface area contributed by atoms with Crippen molar-refractivity contribution < 1.29 is 13.2 Å². The minimum Gasteiger partial charge on any atom is -0.312 e. The number of aryl methyl sites for hydroxylation is 2. The number of sulfonamides is 1. The van der Waals surface area contributed by atoms with Gasteiger partial charge in [-0.2, -0.15) is 9.40 Å². The molecule has 0 aliphatic carbocycles. The van der Waals surface area contributed by atoms with Crippen molar-refractivity contribution in [3.63, 3.8) is 0 Å². The van der Waals surface area contributed by atoms with Crippen molar-refractivity contribution in [3.05, 3.63) is 41.7 Å². The van der Waals surface area contributed by atoms with Gasteiger partial charge in [0.1, 0.15) is 0 Å². The summed E-state index contributed by atoms with van der Waals surface area (Å²) in [6.07, 6.45) is 6.78. The van der Waals surface area contributed by atoms with Gasteiger partial charge < -0.3 is 4.90 Å². The molecule has 0 saturated carbocycles. The van der Waals surface area contributed by atoms with Crippen LogP contribution in [0.15, 0.2) is 35.4 Å². The Kier molecular flexibility index (Phi) is 5.48. The van der Waals surface area contributed by atoms with Crippen LogP contribution >= 0.6 is 0 Å². The first-order valence-corrected chi connectivity index (χ1v) is 11.7. The second-order valence-electron chi connectivity index (χ2n) is 7.99. The third-order valence-corrected chi connectivity index (χ3v) is 7.97. The molecule has 2 fully saturated rings. The van der Waals surface area contributed by atoms with Gasteiger partial charge in [0.25, 0.3) is 0 Å². The molecule has 1 aromatic heterocycles. The highest BCUT2D eigenvalue weighted by Crippen LogP contribution is 2.36. The minimum atomic E-state index is -3.73. The van der Waals surface area contributed by atoms with Gasteiger partial charge >= 0.3 is 0 Å². The zero-order valence-electron chi connectivity index (χ0n) is 17.0. The van der Waals surface area contributed by atoms with Crippen LogP contribution < -0.4 is 4.90 Å².